The first-order chi connectivity index (χ1) is 9.00. The van der Waals surface area contributed by atoms with Gasteiger partial charge in [-0.25, -0.2) is 0 Å². The number of hydrogen-bond acceptors (Lipinski definition) is 2. The van der Waals surface area contributed by atoms with Gasteiger partial charge in [0, 0.05) is 18.6 Å². The van der Waals surface area contributed by atoms with E-state index in [1.807, 2.05) is 0 Å². The lowest BCUT2D eigenvalue weighted by atomic mass is 9.78. The fourth-order valence-corrected chi connectivity index (χ4v) is 3.74. The Kier molecular flexibility index (Phi) is 3.54. The van der Waals surface area contributed by atoms with Crippen molar-refractivity contribution in [2.45, 2.75) is 75.2 Å². The third kappa shape index (κ3) is 2.77. The van der Waals surface area contributed by atoms with E-state index in [4.69, 9.17) is 0 Å². The third-order valence-corrected chi connectivity index (χ3v) is 5.22. The maximum atomic E-state index is 12.8. The second kappa shape index (κ2) is 4.92. The standard InChI is InChI=1S/C14H23F3N2/c15-14(16,17)13(7-8-13)18-9-11-6-5-10-3-1-2-4-12(10)19-11/h10-12,18-19H,1-9H2. The quantitative estimate of drug-likeness (QED) is 0.828. The molecule has 0 amide bonds. The Morgan fingerprint density at radius 3 is 2.47 bits per heavy atom. The van der Waals surface area contributed by atoms with Crippen molar-refractivity contribution >= 4 is 0 Å². The van der Waals surface area contributed by atoms with Crippen molar-refractivity contribution in [1.29, 1.82) is 0 Å². The fraction of sp³-hybridized carbons (Fsp3) is 1.00. The average Bonchev–Trinajstić information content (AvgIpc) is 3.17. The Labute approximate surface area is 112 Å². The second-order valence-corrected chi connectivity index (χ2v) is 6.55. The molecule has 0 radical (unpaired) electrons. The summed E-state index contributed by atoms with van der Waals surface area (Å²) in [6.45, 7) is 0.461. The van der Waals surface area contributed by atoms with Crippen LogP contribution in [0.1, 0.15) is 51.4 Å². The molecule has 2 saturated carbocycles. The number of alkyl halides is 3. The van der Waals surface area contributed by atoms with Crippen LogP contribution in [-0.4, -0.2) is 30.3 Å². The minimum Gasteiger partial charge on any atom is -0.310 e. The van der Waals surface area contributed by atoms with Crippen LogP contribution in [0.3, 0.4) is 0 Å². The minimum absolute atomic E-state index is 0.221. The van der Waals surface area contributed by atoms with Gasteiger partial charge in [0.05, 0.1) is 0 Å². The van der Waals surface area contributed by atoms with Gasteiger partial charge in [-0.15, -0.1) is 0 Å². The van der Waals surface area contributed by atoms with E-state index in [2.05, 4.69) is 10.6 Å². The van der Waals surface area contributed by atoms with Crippen molar-refractivity contribution in [2.75, 3.05) is 6.54 Å². The topological polar surface area (TPSA) is 24.1 Å². The maximum Gasteiger partial charge on any atom is 0.406 e. The van der Waals surface area contributed by atoms with Gasteiger partial charge in [0.15, 0.2) is 0 Å². The highest BCUT2D eigenvalue weighted by atomic mass is 19.4. The first kappa shape index (κ1) is 13.7. The lowest BCUT2D eigenvalue weighted by Gasteiger charge is -2.41. The summed E-state index contributed by atoms with van der Waals surface area (Å²) in [4.78, 5) is 0. The lowest BCUT2D eigenvalue weighted by molar-refractivity contribution is -0.166. The van der Waals surface area contributed by atoms with E-state index in [9.17, 15) is 13.2 Å². The SMILES string of the molecule is FC(F)(F)C1(NCC2CCC3CCCCC3N2)CC1. The number of rotatable bonds is 3. The van der Waals surface area contributed by atoms with Gasteiger partial charge in [-0.1, -0.05) is 12.8 Å². The molecule has 0 spiro atoms. The van der Waals surface area contributed by atoms with E-state index in [-0.39, 0.29) is 18.9 Å². The van der Waals surface area contributed by atoms with Gasteiger partial charge in [-0.05, 0) is 44.4 Å². The van der Waals surface area contributed by atoms with Gasteiger partial charge in [0.2, 0.25) is 0 Å². The molecule has 1 aliphatic heterocycles. The first-order valence-electron chi connectivity index (χ1n) is 7.58. The smallest absolute Gasteiger partial charge is 0.310 e. The summed E-state index contributed by atoms with van der Waals surface area (Å²) in [6.07, 6.45) is 3.68. The van der Waals surface area contributed by atoms with Crippen molar-refractivity contribution < 1.29 is 13.2 Å². The Morgan fingerprint density at radius 1 is 1.05 bits per heavy atom. The summed E-state index contributed by atoms with van der Waals surface area (Å²) < 4.78 is 38.5. The molecule has 5 heteroatoms. The van der Waals surface area contributed by atoms with Crippen molar-refractivity contribution in [2.24, 2.45) is 5.92 Å². The van der Waals surface area contributed by atoms with E-state index >= 15 is 0 Å². The molecule has 2 aliphatic carbocycles. The zero-order valence-corrected chi connectivity index (χ0v) is 11.2. The molecular weight excluding hydrogens is 253 g/mol. The van der Waals surface area contributed by atoms with Crippen LogP contribution in [0.15, 0.2) is 0 Å². The molecule has 19 heavy (non-hydrogen) atoms. The molecule has 2 nitrogen and oxygen atoms in total. The molecule has 1 saturated heterocycles. The molecule has 3 unspecified atom stereocenters. The van der Waals surface area contributed by atoms with Crippen LogP contribution in [-0.2, 0) is 0 Å². The maximum absolute atomic E-state index is 12.8. The predicted molar refractivity (Wildman–Crippen MR) is 67.9 cm³/mol. The van der Waals surface area contributed by atoms with Crippen LogP contribution in [0.25, 0.3) is 0 Å². The number of nitrogens with one attached hydrogen (secondary N) is 2. The number of fused-ring (bicyclic) bond motifs is 1. The predicted octanol–water partition coefficient (Wildman–Crippen LogP) is 2.98. The third-order valence-electron chi connectivity index (χ3n) is 5.22. The largest absolute Gasteiger partial charge is 0.406 e. The summed E-state index contributed by atoms with van der Waals surface area (Å²) >= 11 is 0. The van der Waals surface area contributed by atoms with Gasteiger partial charge in [0.25, 0.3) is 0 Å². The lowest BCUT2D eigenvalue weighted by Crippen LogP contribution is -2.55. The van der Waals surface area contributed by atoms with Crippen molar-refractivity contribution in [1.82, 2.24) is 10.6 Å². The van der Waals surface area contributed by atoms with E-state index in [0.717, 1.165) is 12.3 Å². The van der Waals surface area contributed by atoms with Gasteiger partial charge < -0.3 is 10.6 Å². The molecule has 2 N–H and O–H groups in total. The molecule has 0 aromatic rings. The normalized spacial score (nSPS) is 37.7. The minimum atomic E-state index is -4.09. The molecular formula is C14H23F3N2. The molecule has 3 fully saturated rings. The zero-order valence-electron chi connectivity index (χ0n) is 11.2. The fourth-order valence-electron chi connectivity index (χ4n) is 3.74. The van der Waals surface area contributed by atoms with Gasteiger partial charge in [-0.2, -0.15) is 13.2 Å². The molecule has 0 aromatic heterocycles. The van der Waals surface area contributed by atoms with E-state index in [1.165, 1.54) is 32.1 Å². The van der Waals surface area contributed by atoms with Crippen LogP contribution in [0.5, 0.6) is 0 Å². The van der Waals surface area contributed by atoms with Crippen molar-refractivity contribution in [3.8, 4) is 0 Å². The highest BCUT2D eigenvalue weighted by Crippen LogP contribution is 2.48. The van der Waals surface area contributed by atoms with Crippen LogP contribution < -0.4 is 10.6 Å². The average molecular weight is 276 g/mol. The Hall–Kier alpha value is -0.290. The van der Waals surface area contributed by atoms with E-state index < -0.39 is 11.7 Å². The summed E-state index contributed by atoms with van der Waals surface area (Å²) in [5, 5.41) is 6.37. The number of hydrogen-bond donors (Lipinski definition) is 2. The summed E-state index contributed by atoms with van der Waals surface area (Å²) in [5.74, 6) is 0.766. The first-order valence-corrected chi connectivity index (χ1v) is 7.58. The molecule has 3 atom stereocenters. The molecule has 0 aromatic carbocycles. The highest BCUT2D eigenvalue weighted by Gasteiger charge is 2.63. The Bertz CT molecular complexity index is 325. The molecule has 0 bridgehead atoms. The second-order valence-electron chi connectivity index (χ2n) is 6.55. The number of piperidine rings is 1. The van der Waals surface area contributed by atoms with Crippen LogP contribution in [0.2, 0.25) is 0 Å². The Morgan fingerprint density at radius 2 is 1.79 bits per heavy atom. The van der Waals surface area contributed by atoms with Gasteiger partial charge >= 0.3 is 6.18 Å². The van der Waals surface area contributed by atoms with Gasteiger partial charge in [-0.3, -0.25) is 0 Å². The summed E-state index contributed by atoms with van der Waals surface area (Å²) in [5.41, 5.74) is -1.56. The molecule has 1 heterocycles. The molecule has 3 aliphatic rings. The zero-order chi connectivity index (χ0) is 13.5. The highest BCUT2D eigenvalue weighted by molar-refractivity contribution is 5.08. The van der Waals surface area contributed by atoms with E-state index in [1.54, 1.807) is 0 Å². The summed E-state index contributed by atoms with van der Waals surface area (Å²) in [7, 11) is 0. The van der Waals surface area contributed by atoms with Gasteiger partial charge in [0.1, 0.15) is 5.54 Å². The monoisotopic (exact) mass is 276 g/mol. The molecule has 110 valence electrons. The molecule has 3 rings (SSSR count). The van der Waals surface area contributed by atoms with Crippen LogP contribution in [0, 0.1) is 5.92 Å². The van der Waals surface area contributed by atoms with E-state index in [0.29, 0.717) is 12.6 Å². The Balaban J connectivity index is 1.49. The van der Waals surface area contributed by atoms with Crippen LogP contribution >= 0.6 is 0 Å². The number of halogens is 3. The van der Waals surface area contributed by atoms with Crippen molar-refractivity contribution in [3.05, 3.63) is 0 Å². The van der Waals surface area contributed by atoms with Crippen molar-refractivity contribution in [3.63, 3.8) is 0 Å². The summed E-state index contributed by atoms with van der Waals surface area (Å²) in [6, 6.07) is 0.773. The van der Waals surface area contributed by atoms with Crippen LogP contribution in [0.4, 0.5) is 13.2 Å².